The van der Waals surface area contributed by atoms with Crippen molar-refractivity contribution < 1.29 is 18.3 Å². The lowest BCUT2D eigenvalue weighted by Crippen LogP contribution is -2.06. The molecule has 3 N–H and O–H groups in total. The molecule has 10 heteroatoms. The molecule has 0 unspecified atom stereocenters. The van der Waals surface area contributed by atoms with Gasteiger partial charge in [-0.2, -0.15) is 9.78 Å². The normalized spacial score (nSPS) is 12.0. The second-order valence-corrected chi connectivity index (χ2v) is 9.28. The first-order chi connectivity index (χ1) is 16.4. The first-order valence-corrected chi connectivity index (χ1v) is 11.7. The highest BCUT2D eigenvalue weighted by Gasteiger charge is 2.30. The molecule has 0 aliphatic heterocycles. The fourth-order valence-corrected chi connectivity index (χ4v) is 5.08. The number of nitrogens with two attached hydrogens (primary N) is 1. The Morgan fingerprint density at radius 2 is 1.62 bits per heavy atom. The number of hydrogen-bond donors (Lipinski definition) is 2. The maximum Gasteiger partial charge on any atom is 0.212 e. The number of phenolic OH excluding ortho intramolecular Hbond substituents is 1. The number of benzene rings is 3. The Kier molecular flexibility index (Phi) is 5.14. The van der Waals surface area contributed by atoms with Gasteiger partial charge in [-0.3, -0.25) is 0 Å². The van der Waals surface area contributed by atoms with Crippen LogP contribution in [-0.2, 0) is 9.84 Å². The second kappa shape index (κ2) is 8.16. The standard InChI is InChI=1S/C24H19N5O4S/c1-33-16-10-12-17(13-11-16)34(31,32)22-21-24(28-19-8-4-3-7-18(19)27-21)29(23(22)25)26-14-15-6-2-5-9-20(15)30/h2-14,30H,25H2,1H3/b26-14-. The van der Waals surface area contributed by atoms with Crippen molar-refractivity contribution >= 4 is 44.1 Å². The van der Waals surface area contributed by atoms with E-state index in [1.165, 1.54) is 36.2 Å². The van der Waals surface area contributed by atoms with Crippen LogP contribution in [0.25, 0.3) is 22.2 Å². The first-order valence-electron chi connectivity index (χ1n) is 10.2. The zero-order valence-electron chi connectivity index (χ0n) is 18.0. The monoisotopic (exact) mass is 473 g/mol. The maximum absolute atomic E-state index is 13.7. The van der Waals surface area contributed by atoms with Crippen molar-refractivity contribution in [2.24, 2.45) is 5.10 Å². The van der Waals surface area contributed by atoms with Gasteiger partial charge >= 0.3 is 0 Å². The van der Waals surface area contributed by atoms with E-state index in [-0.39, 0.29) is 32.5 Å². The van der Waals surface area contributed by atoms with Crippen LogP contribution in [0.15, 0.2) is 87.7 Å². The molecule has 5 aromatic rings. The number of methoxy groups -OCH3 is 1. The molecular formula is C24H19N5O4S. The molecule has 9 nitrogen and oxygen atoms in total. The van der Waals surface area contributed by atoms with Crippen molar-refractivity contribution in [2.45, 2.75) is 9.79 Å². The summed E-state index contributed by atoms with van der Waals surface area (Å²) in [7, 11) is -2.59. The summed E-state index contributed by atoms with van der Waals surface area (Å²) in [4.78, 5) is 8.99. The molecule has 3 aromatic carbocycles. The van der Waals surface area contributed by atoms with Gasteiger partial charge in [0.25, 0.3) is 0 Å². The number of phenols is 1. The van der Waals surface area contributed by atoms with Gasteiger partial charge in [-0.15, -0.1) is 0 Å². The Morgan fingerprint density at radius 1 is 0.971 bits per heavy atom. The number of nitrogens with zero attached hydrogens (tertiary/aromatic N) is 4. The molecule has 0 radical (unpaired) electrons. The summed E-state index contributed by atoms with van der Waals surface area (Å²) in [5.74, 6) is 0.393. The smallest absolute Gasteiger partial charge is 0.212 e. The SMILES string of the molecule is COc1ccc(S(=O)(=O)c2c(N)n(/N=C\c3ccccc3O)c3nc4ccccc4nc23)cc1. The molecule has 0 bridgehead atoms. The quantitative estimate of drug-likeness (QED) is 0.373. The molecule has 0 saturated heterocycles. The fraction of sp³-hybridized carbons (Fsp3) is 0.0417. The number of para-hydroxylation sites is 3. The number of aromatic hydroxyl groups is 1. The lowest BCUT2D eigenvalue weighted by Gasteiger charge is -2.06. The highest BCUT2D eigenvalue weighted by Crippen LogP contribution is 2.35. The Labute approximate surface area is 194 Å². The zero-order valence-corrected chi connectivity index (χ0v) is 18.8. The van der Waals surface area contributed by atoms with Crippen molar-refractivity contribution in [3.8, 4) is 11.5 Å². The van der Waals surface area contributed by atoms with E-state index in [0.29, 0.717) is 22.3 Å². The molecule has 2 heterocycles. The molecule has 0 spiro atoms. The molecule has 0 aliphatic carbocycles. The van der Waals surface area contributed by atoms with Crippen molar-refractivity contribution in [3.05, 3.63) is 78.4 Å². The van der Waals surface area contributed by atoms with Crippen LogP contribution in [0.4, 0.5) is 5.82 Å². The summed E-state index contributed by atoms with van der Waals surface area (Å²) in [5, 5.41) is 14.4. The summed E-state index contributed by atoms with van der Waals surface area (Å²) in [5.41, 5.74) is 8.14. The molecule has 0 aliphatic rings. The molecule has 170 valence electrons. The van der Waals surface area contributed by atoms with Crippen molar-refractivity contribution in [3.63, 3.8) is 0 Å². The molecule has 0 amide bonds. The third kappa shape index (κ3) is 3.50. The minimum absolute atomic E-state index is 0.0175. The average molecular weight is 474 g/mol. The van der Waals surface area contributed by atoms with Gasteiger partial charge in [-0.05, 0) is 48.5 Å². The number of hydrogen-bond acceptors (Lipinski definition) is 8. The van der Waals surface area contributed by atoms with Crippen molar-refractivity contribution in [1.29, 1.82) is 0 Å². The third-order valence-electron chi connectivity index (χ3n) is 5.32. The third-order valence-corrected chi connectivity index (χ3v) is 7.15. The summed E-state index contributed by atoms with van der Waals surface area (Å²) < 4.78 is 33.7. The Hall–Kier alpha value is -4.44. The molecule has 34 heavy (non-hydrogen) atoms. The lowest BCUT2D eigenvalue weighted by molar-refractivity contribution is 0.414. The number of sulfone groups is 1. The summed E-state index contributed by atoms with van der Waals surface area (Å²) >= 11 is 0. The van der Waals surface area contributed by atoms with Crippen LogP contribution in [0.5, 0.6) is 11.5 Å². The maximum atomic E-state index is 13.7. The Bertz CT molecular complexity index is 1680. The van der Waals surface area contributed by atoms with Gasteiger partial charge in [0, 0.05) is 5.56 Å². The van der Waals surface area contributed by atoms with E-state index in [1.54, 1.807) is 54.6 Å². The van der Waals surface area contributed by atoms with Crippen LogP contribution in [0.2, 0.25) is 0 Å². The molecule has 0 saturated carbocycles. The van der Waals surface area contributed by atoms with E-state index in [4.69, 9.17) is 10.5 Å². The summed E-state index contributed by atoms with van der Waals surface area (Å²) in [6, 6.07) is 19.7. The van der Waals surface area contributed by atoms with Gasteiger partial charge in [-0.1, -0.05) is 24.3 Å². The minimum atomic E-state index is -4.09. The first kappa shape index (κ1) is 21.4. The van der Waals surface area contributed by atoms with Crippen LogP contribution in [0.1, 0.15) is 5.56 Å². The molecule has 0 atom stereocenters. The van der Waals surface area contributed by atoms with Crippen LogP contribution >= 0.6 is 0 Å². The minimum Gasteiger partial charge on any atom is -0.507 e. The van der Waals surface area contributed by atoms with E-state index < -0.39 is 9.84 Å². The summed E-state index contributed by atoms with van der Waals surface area (Å²) in [6.07, 6.45) is 1.38. The number of fused-ring (bicyclic) bond motifs is 2. The number of rotatable bonds is 5. The zero-order chi connectivity index (χ0) is 23.9. The fourth-order valence-electron chi connectivity index (χ4n) is 3.59. The van der Waals surface area contributed by atoms with Crippen LogP contribution in [0.3, 0.4) is 0 Å². The van der Waals surface area contributed by atoms with E-state index in [1.807, 2.05) is 0 Å². The molecule has 0 fully saturated rings. The van der Waals surface area contributed by atoms with E-state index in [2.05, 4.69) is 15.1 Å². The van der Waals surface area contributed by atoms with Gasteiger partial charge in [0.1, 0.15) is 27.7 Å². The number of aromatic nitrogens is 3. The van der Waals surface area contributed by atoms with Gasteiger partial charge in [-0.25, -0.2) is 18.4 Å². The number of ether oxygens (including phenoxy) is 1. The van der Waals surface area contributed by atoms with E-state index in [0.717, 1.165) is 0 Å². The number of nitrogen functional groups attached to an aromatic ring is 1. The highest BCUT2D eigenvalue weighted by molar-refractivity contribution is 7.92. The van der Waals surface area contributed by atoms with Crippen LogP contribution < -0.4 is 10.5 Å². The molecule has 5 rings (SSSR count). The van der Waals surface area contributed by atoms with Gasteiger partial charge in [0.15, 0.2) is 5.65 Å². The Morgan fingerprint density at radius 3 is 2.29 bits per heavy atom. The largest absolute Gasteiger partial charge is 0.507 e. The molecular weight excluding hydrogens is 454 g/mol. The van der Waals surface area contributed by atoms with Gasteiger partial charge in [0.2, 0.25) is 9.84 Å². The van der Waals surface area contributed by atoms with Gasteiger partial charge in [0.05, 0.1) is 29.3 Å². The van der Waals surface area contributed by atoms with Crippen molar-refractivity contribution in [1.82, 2.24) is 14.6 Å². The Balaban J connectivity index is 1.78. The highest BCUT2D eigenvalue weighted by atomic mass is 32.2. The summed E-state index contributed by atoms with van der Waals surface area (Å²) in [6.45, 7) is 0. The van der Waals surface area contributed by atoms with E-state index >= 15 is 0 Å². The topological polar surface area (TPSA) is 133 Å². The average Bonchev–Trinajstić information content (AvgIpc) is 3.12. The van der Waals surface area contributed by atoms with E-state index in [9.17, 15) is 13.5 Å². The van der Waals surface area contributed by atoms with Crippen LogP contribution in [-0.4, -0.2) is 41.5 Å². The van der Waals surface area contributed by atoms with Crippen molar-refractivity contribution in [2.75, 3.05) is 12.8 Å². The van der Waals surface area contributed by atoms with Gasteiger partial charge < -0.3 is 15.6 Å². The van der Waals surface area contributed by atoms with Crippen LogP contribution in [0, 0.1) is 0 Å². The predicted molar refractivity (Wildman–Crippen MR) is 129 cm³/mol. The predicted octanol–water partition coefficient (Wildman–Crippen LogP) is 3.60. The molecule has 2 aromatic heterocycles. The second-order valence-electron chi connectivity index (χ2n) is 7.39. The lowest BCUT2D eigenvalue weighted by atomic mass is 10.2. The number of anilines is 1.